The van der Waals surface area contributed by atoms with Crippen LogP contribution in [-0.4, -0.2) is 14.6 Å². The zero-order valence-electron chi connectivity index (χ0n) is 16.1. The Morgan fingerprint density at radius 1 is 1.00 bits per heavy atom. The third-order valence-corrected chi connectivity index (χ3v) is 5.82. The molecule has 0 unspecified atom stereocenters. The summed E-state index contributed by atoms with van der Waals surface area (Å²) < 4.78 is 30.5. The van der Waals surface area contributed by atoms with Gasteiger partial charge in [0.1, 0.15) is 12.4 Å². The fraction of sp³-hybridized carbons (Fsp3) is 0.136. The van der Waals surface area contributed by atoms with E-state index in [1.165, 1.54) is 6.21 Å². The maximum Gasteiger partial charge on any atom is 0.276 e. The van der Waals surface area contributed by atoms with Crippen LogP contribution < -0.4 is 9.57 Å². The van der Waals surface area contributed by atoms with Crippen molar-refractivity contribution < 1.29 is 13.2 Å². The number of nitrogens with zero attached hydrogens (tertiary/aromatic N) is 1. The van der Waals surface area contributed by atoms with Crippen LogP contribution in [0.3, 0.4) is 0 Å². The van der Waals surface area contributed by atoms with E-state index in [9.17, 15) is 8.42 Å². The highest BCUT2D eigenvalue weighted by molar-refractivity contribution is 7.89. The molecule has 0 saturated carbocycles. The monoisotopic (exact) mass is 428 g/mol. The predicted molar refractivity (Wildman–Crippen MR) is 116 cm³/mol. The summed E-state index contributed by atoms with van der Waals surface area (Å²) in [6.07, 6.45) is 1.44. The summed E-state index contributed by atoms with van der Waals surface area (Å²) in [6.45, 7) is 4.20. The molecule has 29 heavy (non-hydrogen) atoms. The first-order valence-corrected chi connectivity index (χ1v) is 10.8. The number of sulfonamides is 1. The predicted octanol–water partition coefficient (Wildman–Crippen LogP) is 4.85. The molecule has 150 valence electrons. The fourth-order valence-electron chi connectivity index (χ4n) is 2.54. The lowest BCUT2D eigenvalue weighted by atomic mass is 10.1. The average Bonchev–Trinajstić information content (AvgIpc) is 2.70. The first-order chi connectivity index (χ1) is 13.8. The summed E-state index contributed by atoms with van der Waals surface area (Å²) in [5.74, 6) is 0.654. The molecule has 0 aliphatic heterocycles. The van der Waals surface area contributed by atoms with Crippen molar-refractivity contribution >= 4 is 27.8 Å². The van der Waals surface area contributed by atoms with Crippen molar-refractivity contribution in [2.75, 3.05) is 0 Å². The Kier molecular flexibility index (Phi) is 6.56. The third-order valence-electron chi connectivity index (χ3n) is 4.35. The molecule has 0 aromatic heterocycles. The molecule has 0 fully saturated rings. The fourth-order valence-corrected chi connectivity index (χ4v) is 3.54. The summed E-state index contributed by atoms with van der Waals surface area (Å²) in [6, 6.07) is 19.6. The number of halogens is 1. The number of hydrogen-bond donors (Lipinski definition) is 1. The van der Waals surface area contributed by atoms with Crippen molar-refractivity contribution in [1.29, 1.82) is 0 Å². The van der Waals surface area contributed by atoms with Gasteiger partial charge in [0.2, 0.25) is 0 Å². The second-order valence-electron chi connectivity index (χ2n) is 6.59. The number of hydrazone groups is 1. The normalized spacial score (nSPS) is 11.6. The van der Waals surface area contributed by atoms with Gasteiger partial charge in [0, 0.05) is 5.02 Å². The molecule has 0 bridgehead atoms. The van der Waals surface area contributed by atoms with E-state index in [4.69, 9.17) is 16.3 Å². The van der Waals surface area contributed by atoms with Crippen LogP contribution in [0.15, 0.2) is 76.7 Å². The molecule has 0 aliphatic rings. The molecule has 0 spiro atoms. The van der Waals surface area contributed by atoms with Crippen LogP contribution in [0.25, 0.3) is 0 Å². The minimum Gasteiger partial charge on any atom is -0.489 e. The number of aryl methyl sites for hydroxylation is 2. The number of ether oxygens (including phenoxy) is 1. The topological polar surface area (TPSA) is 67.8 Å². The summed E-state index contributed by atoms with van der Waals surface area (Å²) in [4.78, 5) is 2.42. The first kappa shape index (κ1) is 20.9. The molecule has 0 atom stereocenters. The Bertz CT molecular complexity index is 1130. The minimum atomic E-state index is -3.72. The van der Waals surface area contributed by atoms with Crippen LogP contribution in [-0.2, 0) is 16.6 Å². The molecular formula is C22H21ClN2O3S. The average molecular weight is 429 g/mol. The molecular weight excluding hydrogens is 408 g/mol. The maximum atomic E-state index is 12.4. The van der Waals surface area contributed by atoms with Gasteiger partial charge in [-0.05, 0) is 72.5 Å². The van der Waals surface area contributed by atoms with E-state index in [0.717, 1.165) is 16.7 Å². The van der Waals surface area contributed by atoms with Crippen LogP contribution in [0.1, 0.15) is 22.3 Å². The highest BCUT2D eigenvalue weighted by atomic mass is 35.5. The zero-order valence-corrected chi connectivity index (χ0v) is 17.7. The largest absolute Gasteiger partial charge is 0.489 e. The lowest BCUT2D eigenvalue weighted by molar-refractivity contribution is 0.306. The number of hydrogen-bond acceptors (Lipinski definition) is 4. The molecule has 3 aromatic rings. The second kappa shape index (κ2) is 9.11. The van der Waals surface area contributed by atoms with Gasteiger partial charge in [-0.2, -0.15) is 13.5 Å². The van der Waals surface area contributed by atoms with Gasteiger partial charge in [-0.15, -0.1) is 0 Å². The number of benzene rings is 3. The first-order valence-electron chi connectivity index (χ1n) is 8.93. The van der Waals surface area contributed by atoms with Crippen LogP contribution >= 0.6 is 11.6 Å². The SMILES string of the molecule is Cc1ccc(S(=O)(=O)N/N=C/c2cccc(OCc3ccc(Cl)cc3)c2)cc1C. The van der Waals surface area contributed by atoms with Gasteiger partial charge in [-0.1, -0.05) is 41.9 Å². The van der Waals surface area contributed by atoms with Gasteiger partial charge in [0.05, 0.1) is 11.1 Å². The maximum absolute atomic E-state index is 12.4. The van der Waals surface area contributed by atoms with E-state index in [1.54, 1.807) is 24.3 Å². The number of nitrogens with one attached hydrogen (secondary N) is 1. The van der Waals surface area contributed by atoms with E-state index in [2.05, 4.69) is 9.93 Å². The molecule has 0 aliphatic carbocycles. The molecule has 3 aromatic carbocycles. The summed E-state index contributed by atoms with van der Waals surface area (Å²) in [5.41, 5.74) is 3.64. The van der Waals surface area contributed by atoms with Crippen LogP contribution in [0, 0.1) is 13.8 Å². The van der Waals surface area contributed by atoms with Crippen LogP contribution in [0.5, 0.6) is 5.75 Å². The van der Waals surface area contributed by atoms with Crippen molar-refractivity contribution in [3.05, 3.63) is 94.0 Å². The lowest BCUT2D eigenvalue weighted by Gasteiger charge is -2.07. The molecule has 1 N–H and O–H groups in total. The molecule has 5 nitrogen and oxygen atoms in total. The van der Waals surface area contributed by atoms with Gasteiger partial charge in [-0.3, -0.25) is 0 Å². The molecule has 0 heterocycles. The third kappa shape index (κ3) is 5.82. The lowest BCUT2D eigenvalue weighted by Crippen LogP contribution is -2.18. The Morgan fingerprint density at radius 2 is 1.76 bits per heavy atom. The van der Waals surface area contributed by atoms with Crippen molar-refractivity contribution in [2.45, 2.75) is 25.3 Å². The minimum absolute atomic E-state index is 0.179. The Labute approximate surface area is 176 Å². The van der Waals surface area contributed by atoms with Gasteiger partial charge >= 0.3 is 0 Å². The summed E-state index contributed by atoms with van der Waals surface area (Å²) >= 11 is 5.88. The van der Waals surface area contributed by atoms with Crippen molar-refractivity contribution in [3.8, 4) is 5.75 Å². The van der Waals surface area contributed by atoms with Crippen molar-refractivity contribution in [3.63, 3.8) is 0 Å². The zero-order chi connectivity index (χ0) is 20.9. The van der Waals surface area contributed by atoms with Crippen LogP contribution in [0.2, 0.25) is 5.02 Å². The van der Waals surface area contributed by atoms with Gasteiger partial charge in [0.15, 0.2) is 0 Å². The number of rotatable bonds is 7. The Balaban J connectivity index is 1.63. The van der Waals surface area contributed by atoms with Crippen molar-refractivity contribution in [2.24, 2.45) is 5.10 Å². The highest BCUT2D eigenvalue weighted by Crippen LogP contribution is 2.17. The molecule has 7 heteroatoms. The van der Waals surface area contributed by atoms with E-state index >= 15 is 0 Å². The quantitative estimate of drug-likeness (QED) is 0.432. The van der Waals surface area contributed by atoms with E-state index < -0.39 is 10.0 Å². The molecule has 3 rings (SSSR count). The van der Waals surface area contributed by atoms with Gasteiger partial charge < -0.3 is 4.74 Å². The van der Waals surface area contributed by atoms with E-state index in [0.29, 0.717) is 22.9 Å². The summed E-state index contributed by atoms with van der Waals surface area (Å²) in [5, 5.41) is 4.55. The summed E-state index contributed by atoms with van der Waals surface area (Å²) in [7, 11) is -3.72. The van der Waals surface area contributed by atoms with Gasteiger partial charge in [-0.25, -0.2) is 4.83 Å². The van der Waals surface area contributed by atoms with Crippen molar-refractivity contribution in [1.82, 2.24) is 4.83 Å². The van der Waals surface area contributed by atoms with Gasteiger partial charge in [0.25, 0.3) is 10.0 Å². The standard InChI is InChI=1S/C22H21ClN2O3S/c1-16-6-11-22(12-17(16)2)29(26,27)25-24-14-19-4-3-5-21(13-19)28-15-18-7-9-20(23)10-8-18/h3-14,25H,15H2,1-2H3/b24-14+. The Hall–Kier alpha value is -2.83. The second-order valence-corrected chi connectivity index (χ2v) is 8.68. The van der Waals surface area contributed by atoms with E-state index in [1.807, 2.05) is 56.3 Å². The molecule has 0 radical (unpaired) electrons. The molecule has 0 saturated heterocycles. The molecule has 0 amide bonds. The highest BCUT2D eigenvalue weighted by Gasteiger charge is 2.13. The van der Waals surface area contributed by atoms with E-state index in [-0.39, 0.29) is 4.90 Å². The Morgan fingerprint density at radius 3 is 2.48 bits per heavy atom. The van der Waals surface area contributed by atoms with Crippen LogP contribution in [0.4, 0.5) is 0 Å². The smallest absolute Gasteiger partial charge is 0.276 e.